The van der Waals surface area contributed by atoms with E-state index in [1.165, 1.54) is 0 Å². The Labute approximate surface area is 159 Å². The van der Waals surface area contributed by atoms with Crippen molar-refractivity contribution in [2.75, 3.05) is 0 Å². The number of hydrogen-bond acceptors (Lipinski definition) is 4. The van der Waals surface area contributed by atoms with E-state index in [4.69, 9.17) is 19.0 Å². The van der Waals surface area contributed by atoms with Gasteiger partial charge in [-0.15, -0.1) is 0 Å². The van der Waals surface area contributed by atoms with E-state index in [0.717, 1.165) is 19.3 Å². The van der Waals surface area contributed by atoms with Crippen LogP contribution >= 0.6 is 0 Å². The molecule has 2 rings (SSSR count). The van der Waals surface area contributed by atoms with E-state index in [0.29, 0.717) is 6.42 Å². The lowest BCUT2D eigenvalue weighted by Crippen LogP contribution is -2.47. The van der Waals surface area contributed by atoms with Gasteiger partial charge in [-0.1, -0.05) is 39.8 Å². The minimum Gasteiger partial charge on any atom is -0.481 e. The molecule has 0 aliphatic carbocycles. The summed E-state index contributed by atoms with van der Waals surface area (Å²) in [4.78, 5) is 10.9. The first kappa shape index (κ1) is 21.6. The maximum Gasteiger partial charge on any atom is 0.305 e. The van der Waals surface area contributed by atoms with E-state index in [-0.39, 0.29) is 42.0 Å². The highest BCUT2D eigenvalue weighted by molar-refractivity contribution is 6.74. The Balaban J connectivity index is 2.02. The summed E-state index contributed by atoms with van der Waals surface area (Å²) >= 11 is 0. The van der Waals surface area contributed by atoms with Gasteiger partial charge in [0.1, 0.15) is 0 Å². The molecule has 150 valence electrons. The van der Waals surface area contributed by atoms with E-state index in [1.54, 1.807) is 0 Å². The summed E-state index contributed by atoms with van der Waals surface area (Å²) < 4.78 is 18.9. The molecule has 0 saturated carbocycles. The molecule has 2 heterocycles. The second-order valence-electron chi connectivity index (χ2n) is 9.11. The second-order valence-corrected chi connectivity index (χ2v) is 13.9. The lowest BCUT2D eigenvalue weighted by molar-refractivity contribution is -0.140. The van der Waals surface area contributed by atoms with Crippen molar-refractivity contribution in [2.24, 2.45) is 0 Å². The molecule has 2 fully saturated rings. The van der Waals surface area contributed by atoms with Crippen molar-refractivity contribution < 1.29 is 23.8 Å². The first-order valence-corrected chi connectivity index (χ1v) is 12.8. The quantitative estimate of drug-likeness (QED) is 0.492. The minimum atomic E-state index is -1.90. The van der Waals surface area contributed by atoms with Crippen LogP contribution in [0.3, 0.4) is 0 Å². The summed E-state index contributed by atoms with van der Waals surface area (Å²) in [6.07, 6.45) is 7.61. The minimum absolute atomic E-state index is 0.00465. The molecule has 0 bridgehead atoms. The van der Waals surface area contributed by atoms with Crippen molar-refractivity contribution in [2.45, 2.75) is 108 Å². The third-order valence-corrected chi connectivity index (χ3v) is 10.4. The normalized spacial score (nSPS) is 30.7. The lowest BCUT2D eigenvalue weighted by atomic mass is 10.0. The van der Waals surface area contributed by atoms with Gasteiger partial charge in [-0.05, 0) is 31.0 Å². The second kappa shape index (κ2) is 8.55. The van der Waals surface area contributed by atoms with Crippen LogP contribution in [-0.4, -0.2) is 49.9 Å². The summed E-state index contributed by atoms with van der Waals surface area (Å²) in [6.45, 7) is 13.4. The highest BCUT2D eigenvalue weighted by Crippen LogP contribution is 2.41. The molecule has 0 aromatic rings. The fraction of sp³-hybridized carbons (Fsp3) is 0.850. The van der Waals surface area contributed by atoms with Gasteiger partial charge >= 0.3 is 5.97 Å². The zero-order valence-corrected chi connectivity index (χ0v) is 18.2. The molecule has 0 unspecified atom stereocenters. The fourth-order valence-corrected chi connectivity index (χ4v) is 4.81. The molecule has 0 spiro atoms. The monoisotopic (exact) mass is 384 g/mol. The Kier molecular flexibility index (Phi) is 7.10. The van der Waals surface area contributed by atoms with Crippen LogP contribution < -0.4 is 0 Å². The first-order chi connectivity index (χ1) is 12.0. The molecule has 6 heteroatoms. The lowest BCUT2D eigenvalue weighted by Gasteiger charge is -2.40. The van der Waals surface area contributed by atoms with E-state index < -0.39 is 14.3 Å². The van der Waals surface area contributed by atoms with Gasteiger partial charge in [0.15, 0.2) is 8.32 Å². The average Bonchev–Trinajstić information content (AvgIpc) is 3.02. The third kappa shape index (κ3) is 5.41. The number of carboxylic acid groups (broad SMARTS) is 1. The SMILES string of the molecule is CC/C=C/C[C@H](O[Si](C)(C)C(C)(C)C)[C@H]1C[C@H]2O[C@H](CC(=O)O)C[C@H]2O1. The largest absolute Gasteiger partial charge is 0.481 e. The van der Waals surface area contributed by atoms with Gasteiger partial charge in [0.2, 0.25) is 0 Å². The van der Waals surface area contributed by atoms with Gasteiger partial charge in [0, 0.05) is 12.8 Å². The molecular weight excluding hydrogens is 348 g/mol. The number of ether oxygens (including phenoxy) is 2. The molecule has 5 atom stereocenters. The zero-order chi connectivity index (χ0) is 19.5. The van der Waals surface area contributed by atoms with Gasteiger partial charge in [-0.3, -0.25) is 4.79 Å². The molecular formula is C20H36O5Si. The molecule has 2 aliphatic rings. The van der Waals surface area contributed by atoms with E-state index in [1.807, 2.05) is 0 Å². The predicted molar refractivity (Wildman–Crippen MR) is 105 cm³/mol. The molecule has 2 saturated heterocycles. The van der Waals surface area contributed by atoms with Crippen molar-refractivity contribution >= 4 is 14.3 Å². The molecule has 0 aromatic carbocycles. The number of carbonyl (C=O) groups is 1. The molecule has 0 amide bonds. The number of rotatable bonds is 8. The Morgan fingerprint density at radius 3 is 2.42 bits per heavy atom. The Morgan fingerprint density at radius 1 is 1.23 bits per heavy atom. The van der Waals surface area contributed by atoms with Crippen molar-refractivity contribution in [3.63, 3.8) is 0 Å². The zero-order valence-electron chi connectivity index (χ0n) is 17.2. The summed E-state index contributed by atoms with van der Waals surface area (Å²) in [6, 6.07) is 0. The van der Waals surface area contributed by atoms with E-state index in [2.05, 4.69) is 52.9 Å². The fourth-order valence-electron chi connectivity index (χ4n) is 3.45. The number of hydrogen-bond donors (Lipinski definition) is 1. The number of allylic oxidation sites excluding steroid dienone is 1. The molecule has 0 aromatic heterocycles. The van der Waals surface area contributed by atoms with Crippen LogP contribution in [0.1, 0.15) is 59.8 Å². The summed E-state index contributed by atoms with van der Waals surface area (Å²) in [7, 11) is -1.90. The molecule has 0 radical (unpaired) electrons. The predicted octanol–water partition coefficient (Wildman–Crippen LogP) is 4.52. The summed E-state index contributed by atoms with van der Waals surface area (Å²) in [5, 5.41) is 9.11. The molecule has 5 nitrogen and oxygen atoms in total. The Hall–Kier alpha value is -0.693. The van der Waals surface area contributed by atoms with Crippen molar-refractivity contribution in [1.29, 1.82) is 0 Å². The van der Waals surface area contributed by atoms with Crippen LogP contribution in [0, 0.1) is 0 Å². The van der Waals surface area contributed by atoms with Gasteiger partial charge in [0.25, 0.3) is 0 Å². The van der Waals surface area contributed by atoms with Crippen LogP contribution in [0.4, 0.5) is 0 Å². The smallest absolute Gasteiger partial charge is 0.305 e. The van der Waals surface area contributed by atoms with Gasteiger partial charge in [-0.2, -0.15) is 0 Å². The third-order valence-electron chi connectivity index (χ3n) is 5.93. The number of aliphatic carboxylic acids is 1. The molecule has 1 N–H and O–H groups in total. The van der Waals surface area contributed by atoms with Crippen molar-refractivity contribution in [3.8, 4) is 0 Å². The van der Waals surface area contributed by atoms with Crippen LogP contribution in [0.15, 0.2) is 12.2 Å². The van der Waals surface area contributed by atoms with Crippen LogP contribution in [0.5, 0.6) is 0 Å². The number of carboxylic acids is 1. The highest BCUT2D eigenvalue weighted by atomic mass is 28.4. The average molecular weight is 385 g/mol. The van der Waals surface area contributed by atoms with Crippen LogP contribution in [0.2, 0.25) is 18.1 Å². The van der Waals surface area contributed by atoms with Crippen molar-refractivity contribution in [3.05, 3.63) is 12.2 Å². The maximum absolute atomic E-state index is 10.9. The van der Waals surface area contributed by atoms with Crippen LogP contribution in [0.25, 0.3) is 0 Å². The summed E-state index contributed by atoms with van der Waals surface area (Å²) in [5.74, 6) is -0.810. The molecule has 2 aliphatic heterocycles. The standard InChI is InChI=1S/C20H36O5Si/c1-7-8-9-10-15(25-26(5,6)20(2,3)4)17-13-18-16(24-17)11-14(23-18)12-19(21)22/h8-9,14-18H,7,10-13H2,1-6H3,(H,21,22)/b9-8+/t14-,15-,16+,17+,18+/m0/s1. The van der Waals surface area contributed by atoms with E-state index >= 15 is 0 Å². The number of fused-ring (bicyclic) bond motifs is 1. The summed E-state index contributed by atoms with van der Waals surface area (Å²) in [5.41, 5.74) is 0. The highest BCUT2D eigenvalue weighted by Gasteiger charge is 2.48. The topological polar surface area (TPSA) is 65.0 Å². The first-order valence-electron chi connectivity index (χ1n) is 9.89. The van der Waals surface area contributed by atoms with Gasteiger partial charge in [0.05, 0.1) is 36.9 Å². The van der Waals surface area contributed by atoms with Crippen molar-refractivity contribution in [1.82, 2.24) is 0 Å². The van der Waals surface area contributed by atoms with Gasteiger partial charge in [-0.25, -0.2) is 0 Å². The van der Waals surface area contributed by atoms with Gasteiger partial charge < -0.3 is 19.0 Å². The Morgan fingerprint density at radius 2 is 1.88 bits per heavy atom. The Bertz CT molecular complexity index is 497. The van der Waals surface area contributed by atoms with E-state index in [9.17, 15) is 4.79 Å². The molecule has 26 heavy (non-hydrogen) atoms. The van der Waals surface area contributed by atoms with Crippen LogP contribution in [-0.2, 0) is 18.7 Å². The maximum atomic E-state index is 10.9.